The van der Waals surface area contributed by atoms with Crippen molar-refractivity contribution >= 4 is 0 Å². The number of rotatable bonds is 4. The van der Waals surface area contributed by atoms with Gasteiger partial charge >= 0.3 is 90.8 Å². The van der Waals surface area contributed by atoms with E-state index in [1.54, 1.807) is 0 Å². The Morgan fingerprint density at radius 3 is 1.50 bits per heavy atom. The van der Waals surface area contributed by atoms with Crippen LogP contribution in [0.3, 0.4) is 0 Å². The molecular weight excluding hydrogens is 341 g/mol. The molecule has 0 heterocycles. The Kier molecular flexibility index (Phi) is 4.57. The molecule has 0 spiro atoms. The number of hydrogen-bond acceptors (Lipinski definition) is 2. The summed E-state index contributed by atoms with van der Waals surface area (Å²) in [6.07, 6.45) is 0. The van der Waals surface area contributed by atoms with Gasteiger partial charge in [-0.15, -0.1) is 0 Å². The van der Waals surface area contributed by atoms with Crippen molar-refractivity contribution in [1.29, 1.82) is 0 Å². The van der Waals surface area contributed by atoms with E-state index in [0.29, 0.717) is 0 Å². The average Bonchev–Trinajstić information content (AvgIpc) is 2.14. The fraction of sp³-hybridized carbons (Fsp3) is 1.00. The summed E-state index contributed by atoms with van der Waals surface area (Å²) >= 11 is -2.80. The number of hydrogen-bond donors (Lipinski definition) is 0. The van der Waals surface area contributed by atoms with E-state index in [-0.39, 0.29) is 5.54 Å². The topological polar surface area (TPSA) is 24.7 Å². The van der Waals surface area contributed by atoms with Crippen molar-refractivity contribution in [1.82, 2.24) is 0 Å². The van der Waals surface area contributed by atoms with Crippen LogP contribution < -0.4 is 0 Å². The van der Waals surface area contributed by atoms with E-state index in [0.717, 1.165) is 0 Å². The minimum atomic E-state index is -2.80. The third kappa shape index (κ3) is 3.84. The first-order valence-electron chi connectivity index (χ1n) is 5.64. The Morgan fingerprint density at radius 2 is 1.29 bits per heavy atom. The Hall–Kier alpha value is 0.340. The normalized spacial score (nSPS) is 16.9. The second-order valence-corrected chi connectivity index (χ2v) is 29.1. The average molecular weight is 368 g/mol. The van der Waals surface area contributed by atoms with Crippen LogP contribution in [0, 0.1) is 0 Å². The van der Waals surface area contributed by atoms with Crippen LogP contribution in [0.4, 0.5) is 0 Å². The van der Waals surface area contributed by atoms with Crippen molar-refractivity contribution < 1.29 is 16.1 Å². The maximum absolute atomic E-state index is 4.85. The van der Waals surface area contributed by atoms with Crippen LogP contribution in [0.25, 0.3) is 0 Å². The van der Waals surface area contributed by atoms with Crippen molar-refractivity contribution in [3.05, 3.63) is 0 Å². The van der Waals surface area contributed by atoms with Gasteiger partial charge in [-0.25, -0.2) is 0 Å². The molecule has 0 aromatic carbocycles. The van der Waals surface area contributed by atoms with Crippen LogP contribution in [0.1, 0.15) is 41.5 Å². The Labute approximate surface area is 90.8 Å². The van der Waals surface area contributed by atoms with Crippen LogP contribution in [-0.4, -0.2) is 5.54 Å². The monoisotopic (exact) mass is 368 g/mol. The molecule has 0 aromatic heterocycles. The van der Waals surface area contributed by atoms with E-state index in [2.05, 4.69) is 51.8 Å². The molecule has 0 amide bonds. The Bertz CT molecular complexity index is 201. The van der Waals surface area contributed by atoms with Gasteiger partial charge in [-0.2, -0.15) is 0 Å². The molecule has 2 nitrogen and oxygen atoms in total. The molecule has 86 valence electrons. The first-order chi connectivity index (χ1) is 6.19. The predicted molar refractivity (Wildman–Crippen MR) is 61.9 cm³/mol. The third-order valence-corrected chi connectivity index (χ3v) is 25.2. The maximum atomic E-state index is 4.85. The van der Waals surface area contributed by atoms with E-state index >= 15 is 0 Å². The van der Waals surface area contributed by atoms with Crippen LogP contribution >= 0.6 is 0 Å². The molecule has 0 aromatic rings. The van der Waals surface area contributed by atoms with Gasteiger partial charge in [0, 0.05) is 0 Å². The second-order valence-electron chi connectivity index (χ2n) is 5.55. The van der Waals surface area contributed by atoms with Gasteiger partial charge in [-0.1, -0.05) is 0 Å². The molecule has 0 bridgehead atoms. The van der Waals surface area contributed by atoms with E-state index in [1.165, 1.54) is 13.9 Å². The molecular formula is C11H27N2Ta. The fourth-order valence-electron chi connectivity index (χ4n) is 1.13. The van der Waals surface area contributed by atoms with Crippen molar-refractivity contribution in [2.45, 2.75) is 66.1 Å². The van der Waals surface area contributed by atoms with Crippen LogP contribution in [0.15, 0.2) is 8.63 Å². The Morgan fingerprint density at radius 1 is 0.929 bits per heavy atom. The molecule has 0 saturated heterocycles. The summed E-state index contributed by atoms with van der Waals surface area (Å²) in [7, 11) is 0. The van der Waals surface area contributed by atoms with Crippen molar-refractivity contribution in [2.75, 3.05) is 0 Å². The van der Waals surface area contributed by atoms with E-state index in [4.69, 9.17) is 3.52 Å². The summed E-state index contributed by atoms with van der Waals surface area (Å²) in [5, 5.41) is 6.98. The van der Waals surface area contributed by atoms with Crippen LogP contribution in [0.2, 0.25) is 19.1 Å². The zero-order chi connectivity index (χ0) is 11.5. The van der Waals surface area contributed by atoms with Gasteiger partial charge in [0.15, 0.2) is 0 Å². The van der Waals surface area contributed by atoms with Crippen molar-refractivity contribution in [3.63, 3.8) is 0 Å². The van der Waals surface area contributed by atoms with Crippen molar-refractivity contribution in [3.8, 4) is 0 Å². The van der Waals surface area contributed by atoms with E-state index in [1.807, 2.05) is 0 Å². The molecule has 0 atom stereocenters. The van der Waals surface area contributed by atoms with Crippen molar-refractivity contribution in [2.24, 2.45) is 8.63 Å². The molecule has 0 rings (SSSR count). The molecule has 0 saturated carbocycles. The molecule has 0 aliphatic rings. The summed E-state index contributed by atoms with van der Waals surface area (Å²) in [6.45, 7) is 13.2. The van der Waals surface area contributed by atoms with E-state index < -0.39 is 16.1 Å². The van der Waals surface area contributed by atoms with E-state index in [9.17, 15) is 0 Å². The first kappa shape index (κ1) is 14.3. The summed E-state index contributed by atoms with van der Waals surface area (Å²) in [5.74, 6) is 0. The zero-order valence-corrected chi connectivity index (χ0v) is 14.2. The summed E-state index contributed by atoms with van der Waals surface area (Å²) < 4.78 is 8.64. The van der Waals surface area contributed by atoms with Gasteiger partial charge in [0.25, 0.3) is 0 Å². The summed E-state index contributed by atoms with van der Waals surface area (Å²) in [5.41, 5.74) is -0.00826. The van der Waals surface area contributed by atoms with Crippen LogP contribution in [0.5, 0.6) is 0 Å². The molecule has 0 radical (unpaired) electrons. The molecule has 0 fully saturated rings. The first-order valence-corrected chi connectivity index (χ1v) is 17.1. The quantitative estimate of drug-likeness (QED) is 0.609. The fourth-order valence-corrected chi connectivity index (χ4v) is 9.28. The molecule has 0 aliphatic carbocycles. The minimum absolute atomic E-state index is 0.00826. The second kappa shape index (κ2) is 4.46. The number of nitrogens with zero attached hydrogens (tertiary/aromatic N) is 2. The van der Waals surface area contributed by atoms with Gasteiger partial charge in [0.2, 0.25) is 0 Å². The van der Waals surface area contributed by atoms with Gasteiger partial charge in [0.05, 0.1) is 0 Å². The zero-order valence-electron chi connectivity index (χ0n) is 11.0. The molecule has 3 heteroatoms. The van der Waals surface area contributed by atoms with Gasteiger partial charge < -0.3 is 0 Å². The summed E-state index contributed by atoms with van der Waals surface area (Å²) in [6, 6.07) is 0. The molecule has 0 N–H and O–H groups in total. The third-order valence-electron chi connectivity index (χ3n) is 3.34. The molecule has 14 heavy (non-hydrogen) atoms. The van der Waals surface area contributed by atoms with Crippen LogP contribution in [-0.2, 0) is 16.1 Å². The summed E-state index contributed by atoms with van der Waals surface area (Å²) in [4.78, 5) is 0. The van der Waals surface area contributed by atoms with Gasteiger partial charge in [-0.3, -0.25) is 0 Å². The predicted octanol–water partition coefficient (Wildman–Crippen LogP) is 5.20. The van der Waals surface area contributed by atoms with Gasteiger partial charge in [0.1, 0.15) is 0 Å². The molecule has 0 aliphatic heterocycles. The SMILES string of the molecule is C[CH2][Ta]([CH3])([CH2]C)([CH2]C)[N]=NC(C)(C)C. The molecule has 0 unspecified atom stereocenters. The standard InChI is InChI=1S/C4H9N2.3C2H5.CH3.Ta/c1-4(2,3)6-5;3*1-2;;/h1-3H3;3*1H2,2H3;1H3;/q-1;;;;;+1. The van der Waals surface area contributed by atoms with Gasteiger partial charge in [-0.05, 0) is 0 Å². The Balaban J connectivity index is 4.97.